The summed E-state index contributed by atoms with van der Waals surface area (Å²) in [6.45, 7) is 1.70. The summed E-state index contributed by atoms with van der Waals surface area (Å²) < 4.78 is 43.8. The van der Waals surface area contributed by atoms with Crippen LogP contribution < -0.4 is 15.2 Å². The molecule has 2 aromatic heterocycles. The van der Waals surface area contributed by atoms with Gasteiger partial charge in [-0.05, 0) is 54.4 Å². The van der Waals surface area contributed by atoms with Gasteiger partial charge < -0.3 is 10.1 Å². The van der Waals surface area contributed by atoms with E-state index >= 15 is 0 Å². The number of hydrogen-bond donors (Lipinski definition) is 2. The van der Waals surface area contributed by atoms with E-state index in [0.29, 0.717) is 49.5 Å². The van der Waals surface area contributed by atoms with Crippen LogP contribution in [0.1, 0.15) is 5.56 Å². The molecule has 2 aromatic carbocycles. The second-order valence-electron chi connectivity index (χ2n) is 7.73. The number of rotatable bonds is 7. The van der Waals surface area contributed by atoms with Crippen LogP contribution in [0.15, 0.2) is 65.7 Å². The number of benzene rings is 2. The third kappa shape index (κ3) is 4.47. The fourth-order valence-corrected chi connectivity index (χ4v) is 4.30. The summed E-state index contributed by atoms with van der Waals surface area (Å²) >= 11 is 0. The minimum atomic E-state index is -3.71. The molecule has 0 radical (unpaired) electrons. The van der Waals surface area contributed by atoms with Crippen LogP contribution in [0.4, 0.5) is 10.3 Å². The fraction of sp³-hybridized carbons (Fsp3) is 0.174. The van der Waals surface area contributed by atoms with Gasteiger partial charge in [0.15, 0.2) is 0 Å². The van der Waals surface area contributed by atoms with Gasteiger partial charge >= 0.3 is 0 Å². The van der Waals surface area contributed by atoms with Crippen LogP contribution in [0.2, 0.25) is 0 Å². The summed E-state index contributed by atoms with van der Waals surface area (Å²) in [7, 11) is -3.71. The van der Waals surface area contributed by atoms with Crippen molar-refractivity contribution in [3.05, 3.63) is 72.2 Å². The highest BCUT2D eigenvalue weighted by Gasteiger charge is 2.25. The number of nitrogens with one attached hydrogen (secondary N) is 1. The number of sulfonamides is 1. The molecule has 3 N–H and O–H groups in total. The van der Waals surface area contributed by atoms with Crippen molar-refractivity contribution in [3.8, 4) is 28.7 Å². The maximum absolute atomic E-state index is 13.4. The third-order valence-corrected chi connectivity index (χ3v) is 6.37. The molecule has 0 unspecified atom stereocenters. The second-order valence-corrected chi connectivity index (χ2v) is 9.29. The van der Waals surface area contributed by atoms with Gasteiger partial charge in [0.05, 0.1) is 22.8 Å². The number of primary sulfonamides is 1. The number of anilines is 1. The average Bonchev–Trinajstić information content (AvgIpc) is 3.41. The molecule has 9 nitrogen and oxygen atoms in total. The van der Waals surface area contributed by atoms with Crippen molar-refractivity contribution in [2.45, 2.75) is 17.9 Å². The maximum atomic E-state index is 13.4. The van der Waals surface area contributed by atoms with Gasteiger partial charge in [-0.15, -0.1) is 0 Å². The molecule has 11 heteroatoms. The highest BCUT2D eigenvalue weighted by atomic mass is 32.2. The van der Waals surface area contributed by atoms with Gasteiger partial charge in [0.1, 0.15) is 18.1 Å². The van der Waals surface area contributed by atoms with E-state index in [1.807, 2.05) is 4.57 Å². The summed E-state index contributed by atoms with van der Waals surface area (Å²) in [6, 6.07) is 14.9. The lowest BCUT2D eigenvalue weighted by Crippen LogP contribution is -2.12. The van der Waals surface area contributed by atoms with E-state index in [2.05, 4.69) is 20.3 Å². The minimum absolute atomic E-state index is 0.0783. The van der Waals surface area contributed by atoms with Crippen LogP contribution in [-0.2, 0) is 23.0 Å². The van der Waals surface area contributed by atoms with Gasteiger partial charge in [0.25, 0.3) is 6.01 Å². The van der Waals surface area contributed by atoms with E-state index in [-0.39, 0.29) is 10.7 Å². The molecule has 0 saturated carbocycles. The number of ether oxygens (including phenoxy) is 1. The van der Waals surface area contributed by atoms with E-state index in [4.69, 9.17) is 9.88 Å². The Bertz CT molecular complexity index is 1440. The van der Waals surface area contributed by atoms with Crippen LogP contribution in [0.25, 0.3) is 22.6 Å². The summed E-state index contributed by atoms with van der Waals surface area (Å²) in [5, 5.41) is 8.34. The molecular weight excluding hydrogens is 459 g/mol. The van der Waals surface area contributed by atoms with Crippen molar-refractivity contribution in [2.24, 2.45) is 5.14 Å². The van der Waals surface area contributed by atoms with Crippen molar-refractivity contribution in [2.75, 3.05) is 18.5 Å². The lowest BCUT2D eigenvalue weighted by molar-refractivity contribution is 0.345. The van der Waals surface area contributed by atoms with Crippen LogP contribution in [-0.4, -0.2) is 41.1 Å². The molecule has 1 aliphatic rings. The number of fused-ring (bicyclic) bond motifs is 1. The Labute approximate surface area is 195 Å². The van der Waals surface area contributed by atoms with Crippen molar-refractivity contribution in [1.29, 1.82) is 0 Å². The van der Waals surface area contributed by atoms with E-state index in [1.54, 1.807) is 36.5 Å². The van der Waals surface area contributed by atoms with Crippen molar-refractivity contribution >= 4 is 16.0 Å². The molecule has 0 fully saturated rings. The number of hydrogen-bond acceptors (Lipinski definition) is 7. The Morgan fingerprint density at radius 1 is 1.06 bits per heavy atom. The first kappa shape index (κ1) is 22.0. The molecule has 174 valence electrons. The minimum Gasteiger partial charge on any atom is -0.463 e. The van der Waals surface area contributed by atoms with Crippen molar-refractivity contribution in [1.82, 2.24) is 19.5 Å². The Kier molecular flexibility index (Phi) is 5.72. The lowest BCUT2D eigenvalue weighted by Gasteiger charge is -2.09. The van der Waals surface area contributed by atoms with E-state index in [0.717, 1.165) is 16.8 Å². The van der Waals surface area contributed by atoms with Crippen LogP contribution >= 0.6 is 0 Å². The Balaban J connectivity index is 1.36. The first-order chi connectivity index (χ1) is 16.4. The van der Waals surface area contributed by atoms with Crippen molar-refractivity contribution in [3.63, 3.8) is 0 Å². The summed E-state index contributed by atoms with van der Waals surface area (Å²) in [6.07, 6.45) is 2.30. The number of nitrogens with zero attached hydrogens (tertiary/aromatic N) is 4. The van der Waals surface area contributed by atoms with Crippen molar-refractivity contribution < 1.29 is 17.5 Å². The third-order valence-electron chi connectivity index (χ3n) is 5.44. The Hall–Kier alpha value is -3.83. The van der Waals surface area contributed by atoms with Crippen LogP contribution in [0, 0.1) is 5.82 Å². The molecule has 0 atom stereocenters. The zero-order valence-corrected chi connectivity index (χ0v) is 18.8. The molecule has 0 amide bonds. The van der Waals surface area contributed by atoms with E-state index in [9.17, 15) is 12.8 Å². The first-order valence-corrected chi connectivity index (χ1v) is 12.1. The fourth-order valence-electron chi connectivity index (χ4n) is 3.79. The highest BCUT2D eigenvalue weighted by molar-refractivity contribution is 7.89. The Morgan fingerprint density at radius 2 is 1.82 bits per heavy atom. The van der Waals surface area contributed by atoms with E-state index < -0.39 is 10.0 Å². The molecule has 0 spiro atoms. The molecule has 5 rings (SSSR count). The predicted octanol–water partition coefficient (Wildman–Crippen LogP) is 2.84. The lowest BCUT2D eigenvalue weighted by atomic mass is 10.1. The number of imidazole rings is 1. The second kappa shape index (κ2) is 8.84. The number of nitrogens with two attached hydrogens (primary N) is 1. The van der Waals surface area contributed by atoms with Crippen LogP contribution in [0.5, 0.6) is 6.01 Å². The summed E-state index contributed by atoms with van der Waals surface area (Å²) in [5.74, 6) is 0.124. The van der Waals surface area contributed by atoms with Gasteiger partial charge in [-0.3, -0.25) is 4.57 Å². The molecular formula is C23H21FN6O3S. The molecule has 34 heavy (non-hydrogen) atoms. The summed E-state index contributed by atoms with van der Waals surface area (Å²) in [5.41, 5.74) is 3.81. The average molecular weight is 481 g/mol. The molecule has 0 bridgehead atoms. The molecule has 0 saturated heterocycles. The predicted molar refractivity (Wildman–Crippen MR) is 124 cm³/mol. The quantitative estimate of drug-likeness (QED) is 0.417. The molecule has 1 aliphatic heterocycles. The van der Waals surface area contributed by atoms with Gasteiger partial charge in [0.2, 0.25) is 16.0 Å². The first-order valence-electron chi connectivity index (χ1n) is 10.6. The normalized spacial score (nSPS) is 12.9. The SMILES string of the molecule is NS(=O)(=O)c1ccc(CCNc2nccc(-c3c(-c4ccc(F)cc4)nc4n3CCO4)n2)cc1. The highest BCUT2D eigenvalue weighted by Crippen LogP contribution is 2.36. The zero-order chi connectivity index (χ0) is 23.7. The topological polar surface area (TPSA) is 125 Å². The monoisotopic (exact) mass is 480 g/mol. The molecule has 0 aliphatic carbocycles. The zero-order valence-electron chi connectivity index (χ0n) is 18.0. The molecule has 4 aromatic rings. The van der Waals surface area contributed by atoms with Crippen LogP contribution in [0.3, 0.4) is 0 Å². The van der Waals surface area contributed by atoms with Gasteiger partial charge in [-0.1, -0.05) is 12.1 Å². The van der Waals surface area contributed by atoms with Gasteiger partial charge in [-0.25, -0.2) is 27.9 Å². The largest absolute Gasteiger partial charge is 0.463 e. The number of halogens is 1. The van der Waals surface area contributed by atoms with Gasteiger partial charge in [-0.2, -0.15) is 4.98 Å². The number of aromatic nitrogens is 4. The standard InChI is InChI=1S/C23H21FN6O3S/c24-17-5-3-16(4-6-17)20-21(30-13-14-33-23(30)29-20)19-10-12-27-22(28-19)26-11-9-15-1-7-18(8-2-15)34(25,31)32/h1-8,10,12H,9,11,13-14H2,(H2,25,31,32)(H,26,27,28). The Morgan fingerprint density at radius 3 is 2.56 bits per heavy atom. The molecule has 3 heterocycles. The summed E-state index contributed by atoms with van der Waals surface area (Å²) in [4.78, 5) is 13.7. The maximum Gasteiger partial charge on any atom is 0.297 e. The van der Waals surface area contributed by atoms with Gasteiger partial charge in [0, 0.05) is 18.3 Å². The van der Waals surface area contributed by atoms with E-state index in [1.165, 1.54) is 24.3 Å². The smallest absolute Gasteiger partial charge is 0.297 e.